The number of hydrogen-bond donors (Lipinski definition) is 1. The van der Waals surface area contributed by atoms with Gasteiger partial charge in [-0.05, 0) is 43.2 Å². The summed E-state index contributed by atoms with van der Waals surface area (Å²) in [6, 6.07) is 24.9. The number of para-hydroxylation sites is 1. The normalized spacial score (nSPS) is 15.9. The number of fused-ring (bicyclic) bond motifs is 1. The molecule has 3 aromatic carbocycles. The molecule has 2 atom stereocenters. The first-order valence-electron chi connectivity index (χ1n) is 12.8. The largest absolute Gasteiger partial charge is 0.352 e. The zero-order valence-corrected chi connectivity index (χ0v) is 23.9. The van der Waals surface area contributed by atoms with Crippen molar-refractivity contribution in [3.8, 4) is 16.9 Å². The number of anilines is 1. The van der Waals surface area contributed by atoms with Gasteiger partial charge in [-0.25, -0.2) is 4.68 Å². The number of amides is 2. The van der Waals surface area contributed by atoms with Gasteiger partial charge >= 0.3 is 0 Å². The summed E-state index contributed by atoms with van der Waals surface area (Å²) in [7, 11) is 0. The number of nitrogens with zero attached hydrogens (tertiary/aromatic N) is 3. The number of carbonyl (C=O) groups is 2. The molecule has 9 heteroatoms. The van der Waals surface area contributed by atoms with E-state index in [1.54, 1.807) is 15.6 Å². The Bertz CT molecular complexity index is 1510. The maximum absolute atomic E-state index is 13.8. The third-order valence-corrected chi connectivity index (χ3v) is 8.50. The van der Waals surface area contributed by atoms with Crippen LogP contribution in [0.3, 0.4) is 0 Å². The van der Waals surface area contributed by atoms with Gasteiger partial charge in [0.05, 0.1) is 27.4 Å². The molecule has 39 heavy (non-hydrogen) atoms. The van der Waals surface area contributed by atoms with E-state index in [1.807, 2.05) is 86.6 Å². The zero-order chi connectivity index (χ0) is 27.5. The van der Waals surface area contributed by atoms with Gasteiger partial charge in [0.2, 0.25) is 11.8 Å². The van der Waals surface area contributed by atoms with E-state index >= 15 is 0 Å². The van der Waals surface area contributed by atoms with E-state index in [9.17, 15) is 9.59 Å². The SMILES string of the molecule is CC[C@@H](C)NC(=O)CN1C(=O)CS[C@H](c2cccc(Cl)c2)c2c(-c3ccccc3)nn(-c3ccccc3Cl)c21. The lowest BCUT2D eigenvalue weighted by Gasteiger charge is -2.24. The molecular formula is C30H28Cl2N4O2S. The van der Waals surface area contributed by atoms with Gasteiger partial charge in [0.1, 0.15) is 12.4 Å². The number of aromatic nitrogens is 2. The van der Waals surface area contributed by atoms with Crippen molar-refractivity contribution < 1.29 is 9.59 Å². The fourth-order valence-electron chi connectivity index (χ4n) is 4.62. The number of halogens is 2. The van der Waals surface area contributed by atoms with E-state index in [4.69, 9.17) is 28.3 Å². The Hall–Kier alpha value is -3.26. The smallest absolute Gasteiger partial charge is 0.240 e. The van der Waals surface area contributed by atoms with Crippen LogP contribution in [0.25, 0.3) is 16.9 Å². The Kier molecular flexibility index (Phi) is 8.31. The highest BCUT2D eigenvalue weighted by Gasteiger charge is 2.38. The summed E-state index contributed by atoms with van der Waals surface area (Å²) in [6.07, 6.45) is 0.785. The van der Waals surface area contributed by atoms with Crippen LogP contribution in [0.15, 0.2) is 78.9 Å². The lowest BCUT2D eigenvalue weighted by molar-refractivity contribution is -0.123. The van der Waals surface area contributed by atoms with Crippen molar-refractivity contribution in [3.05, 3.63) is 100 Å². The van der Waals surface area contributed by atoms with Crippen LogP contribution >= 0.6 is 35.0 Å². The first-order valence-corrected chi connectivity index (χ1v) is 14.6. The van der Waals surface area contributed by atoms with E-state index < -0.39 is 0 Å². The molecule has 1 aliphatic rings. The fraction of sp³-hybridized carbons (Fsp3) is 0.233. The third kappa shape index (κ3) is 5.71. The number of carbonyl (C=O) groups excluding carboxylic acids is 2. The number of nitrogens with one attached hydrogen (secondary N) is 1. The molecule has 0 saturated carbocycles. The van der Waals surface area contributed by atoms with E-state index in [1.165, 1.54) is 11.8 Å². The first kappa shape index (κ1) is 27.3. The zero-order valence-electron chi connectivity index (χ0n) is 21.6. The summed E-state index contributed by atoms with van der Waals surface area (Å²) >= 11 is 14.6. The highest BCUT2D eigenvalue weighted by atomic mass is 35.5. The fourth-order valence-corrected chi connectivity index (χ4v) is 6.22. The summed E-state index contributed by atoms with van der Waals surface area (Å²) in [5.41, 5.74) is 4.00. The van der Waals surface area contributed by atoms with Crippen LogP contribution in [-0.2, 0) is 9.59 Å². The van der Waals surface area contributed by atoms with Crippen molar-refractivity contribution in [2.24, 2.45) is 0 Å². The van der Waals surface area contributed by atoms with Crippen molar-refractivity contribution >= 4 is 52.6 Å². The summed E-state index contributed by atoms with van der Waals surface area (Å²) < 4.78 is 1.71. The summed E-state index contributed by atoms with van der Waals surface area (Å²) in [4.78, 5) is 28.5. The second-order valence-corrected chi connectivity index (χ2v) is 11.4. The van der Waals surface area contributed by atoms with Crippen molar-refractivity contribution in [3.63, 3.8) is 0 Å². The van der Waals surface area contributed by atoms with Gasteiger partial charge in [-0.3, -0.25) is 14.5 Å². The monoisotopic (exact) mass is 578 g/mol. The average Bonchev–Trinajstić information content (AvgIpc) is 3.25. The van der Waals surface area contributed by atoms with Crippen LogP contribution in [-0.4, -0.2) is 39.9 Å². The standard InChI is InChI=1S/C30H28Cl2N4O2S/c1-3-19(2)33-25(37)17-35-26(38)18-39-29(21-12-9-13-22(31)16-21)27-28(20-10-5-4-6-11-20)34-36(30(27)35)24-15-8-7-14-23(24)32/h4-16,19,29H,3,17-18H2,1-2H3,(H,33,37)/t19-,29-/m1/s1. The number of rotatable bonds is 7. The number of hydrogen-bond acceptors (Lipinski definition) is 4. The van der Waals surface area contributed by atoms with Crippen molar-refractivity contribution in [2.45, 2.75) is 31.6 Å². The molecule has 2 heterocycles. The van der Waals surface area contributed by atoms with Gasteiger partial charge in [-0.1, -0.05) is 84.7 Å². The molecule has 0 spiro atoms. The van der Waals surface area contributed by atoms with Gasteiger partial charge in [0, 0.05) is 22.2 Å². The Morgan fingerprint density at radius 3 is 2.54 bits per heavy atom. The Labute approximate surface area is 242 Å². The minimum Gasteiger partial charge on any atom is -0.352 e. The Morgan fingerprint density at radius 2 is 1.82 bits per heavy atom. The molecule has 1 aromatic heterocycles. The first-order chi connectivity index (χ1) is 18.9. The Balaban J connectivity index is 1.79. The van der Waals surface area contributed by atoms with Gasteiger partial charge in [-0.2, -0.15) is 5.10 Å². The maximum Gasteiger partial charge on any atom is 0.240 e. The Morgan fingerprint density at radius 1 is 1.08 bits per heavy atom. The molecule has 1 N–H and O–H groups in total. The van der Waals surface area contributed by atoms with Gasteiger partial charge in [-0.15, -0.1) is 11.8 Å². The van der Waals surface area contributed by atoms with Crippen LogP contribution in [0, 0.1) is 0 Å². The lowest BCUT2D eigenvalue weighted by atomic mass is 9.99. The highest BCUT2D eigenvalue weighted by molar-refractivity contribution is 8.00. The predicted octanol–water partition coefficient (Wildman–Crippen LogP) is 6.93. The van der Waals surface area contributed by atoms with Crippen LogP contribution < -0.4 is 10.2 Å². The van der Waals surface area contributed by atoms with Crippen LogP contribution in [0.1, 0.15) is 36.6 Å². The molecule has 200 valence electrons. The van der Waals surface area contributed by atoms with E-state index in [0.29, 0.717) is 27.2 Å². The molecule has 1 aliphatic heterocycles. The molecule has 6 nitrogen and oxygen atoms in total. The predicted molar refractivity (Wildman–Crippen MR) is 160 cm³/mol. The quantitative estimate of drug-likeness (QED) is 0.258. The summed E-state index contributed by atoms with van der Waals surface area (Å²) in [5, 5.41) is 8.88. The molecule has 0 saturated heterocycles. The van der Waals surface area contributed by atoms with Gasteiger partial charge in [0.15, 0.2) is 0 Å². The second kappa shape index (κ2) is 11.9. The highest BCUT2D eigenvalue weighted by Crippen LogP contribution is 2.49. The maximum atomic E-state index is 13.8. The minimum atomic E-state index is -0.267. The van der Waals surface area contributed by atoms with Crippen molar-refractivity contribution in [2.75, 3.05) is 17.2 Å². The van der Waals surface area contributed by atoms with Gasteiger partial charge < -0.3 is 5.32 Å². The van der Waals surface area contributed by atoms with Crippen LogP contribution in [0.4, 0.5) is 5.82 Å². The van der Waals surface area contributed by atoms with E-state index in [-0.39, 0.29) is 35.4 Å². The molecule has 5 rings (SSSR count). The molecule has 0 radical (unpaired) electrons. The molecule has 0 unspecified atom stereocenters. The molecule has 4 aromatic rings. The lowest BCUT2D eigenvalue weighted by Crippen LogP contribution is -2.44. The van der Waals surface area contributed by atoms with Crippen molar-refractivity contribution in [1.82, 2.24) is 15.1 Å². The topological polar surface area (TPSA) is 67.2 Å². The molecule has 0 fully saturated rings. The van der Waals surface area contributed by atoms with Crippen LogP contribution in [0.2, 0.25) is 10.0 Å². The molecular weight excluding hydrogens is 551 g/mol. The van der Waals surface area contributed by atoms with Gasteiger partial charge in [0.25, 0.3) is 0 Å². The van der Waals surface area contributed by atoms with E-state index in [0.717, 1.165) is 23.1 Å². The summed E-state index contributed by atoms with van der Waals surface area (Å²) in [6.45, 7) is 3.81. The number of benzene rings is 3. The molecule has 0 bridgehead atoms. The molecule has 0 aliphatic carbocycles. The molecule has 2 amide bonds. The summed E-state index contributed by atoms with van der Waals surface area (Å²) in [5.74, 6) is 0.293. The van der Waals surface area contributed by atoms with Crippen molar-refractivity contribution in [1.29, 1.82) is 0 Å². The third-order valence-electron chi connectivity index (χ3n) is 6.69. The minimum absolute atomic E-state index is 0.0130. The number of thioether (sulfide) groups is 1. The average molecular weight is 580 g/mol. The second-order valence-electron chi connectivity index (χ2n) is 9.42. The van der Waals surface area contributed by atoms with E-state index in [2.05, 4.69) is 5.32 Å². The van der Waals surface area contributed by atoms with Crippen LogP contribution in [0.5, 0.6) is 0 Å².